The van der Waals surface area contributed by atoms with Crippen LogP contribution in [0.5, 0.6) is 11.5 Å². The molecule has 1 N–H and O–H groups in total. The second-order valence-corrected chi connectivity index (χ2v) is 18.1. The number of fused-ring (bicyclic) bond motifs is 2. The van der Waals surface area contributed by atoms with E-state index in [-0.39, 0.29) is 5.04 Å². The van der Waals surface area contributed by atoms with Gasteiger partial charge < -0.3 is 9.53 Å². The Kier molecular flexibility index (Phi) is 7.28. The van der Waals surface area contributed by atoms with Crippen molar-refractivity contribution in [3.63, 3.8) is 0 Å². The summed E-state index contributed by atoms with van der Waals surface area (Å²) in [6, 6.07) is 13.6. The van der Waals surface area contributed by atoms with Crippen molar-refractivity contribution in [2.75, 3.05) is 0 Å². The number of phenols is 1. The van der Waals surface area contributed by atoms with Crippen molar-refractivity contribution in [3.8, 4) is 22.6 Å². The van der Waals surface area contributed by atoms with E-state index in [1.807, 2.05) is 0 Å². The summed E-state index contributed by atoms with van der Waals surface area (Å²) in [6.45, 7) is 15.9. The first-order valence-corrected chi connectivity index (χ1v) is 17.6. The van der Waals surface area contributed by atoms with Crippen LogP contribution in [0.3, 0.4) is 0 Å². The van der Waals surface area contributed by atoms with Gasteiger partial charge in [0.15, 0.2) is 0 Å². The van der Waals surface area contributed by atoms with E-state index >= 15 is 0 Å². The van der Waals surface area contributed by atoms with E-state index in [9.17, 15) is 5.11 Å². The molecule has 3 aromatic rings. The van der Waals surface area contributed by atoms with Crippen molar-refractivity contribution in [3.05, 3.63) is 80.9 Å². The van der Waals surface area contributed by atoms with Crippen molar-refractivity contribution in [1.29, 1.82) is 0 Å². The summed E-state index contributed by atoms with van der Waals surface area (Å²) in [7, 11) is -2.02. The molecule has 0 heterocycles. The Balaban J connectivity index is 1.65. The van der Waals surface area contributed by atoms with Gasteiger partial charge in [-0.2, -0.15) is 0 Å². The molecule has 5 rings (SSSR count). The molecule has 0 saturated heterocycles. The molecule has 0 saturated carbocycles. The summed E-state index contributed by atoms with van der Waals surface area (Å²) in [5.41, 5.74) is 12.8. The van der Waals surface area contributed by atoms with Gasteiger partial charge in [0.25, 0.3) is 8.32 Å². The van der Waals surface area contributed by atoms with Crippen LogP contribution in [0, 0.1) is 13.8 Å². The Bertz CT molecular complexity index is 1360. The molecule has 0 atom stereocenters. The van der Waals surface area contributed by atoms with Crippen molar-refractivity contribution < 1.29 is 9.53 Å². The van der Waals surface area contributed by atoms with Crippen LogP contribution in [-0.2, 0) is 32.1 Å². The molecule has 202 valence electrons. The molecule has 0 amide bonds. The summed E-state index contributed by atoms with van der Waals surface area (Å²) >= 11 is 0. The predicted molar refractivity (Wildman–Crippen MR) is 163 cm³/mol. The smallest absolute Gasteiger partial charge is 0.250 e. The van der Waals surface area contributed by atoms with Crippen molar-refractivity contribution in [1.82, 2.24) is 0 Å². The van der Waals surface area contributed by atoms with Gasteiger partial charge >= 0.3 is 0 Å². The van der Waals surface area contributed by atoms with Crippen LogP contribution in [0.15, 0.2) is 36.4 Å². The molecule has 38 heavy (non-hydrogen) atoms. The van der Waals surface area contributed by atoms with E-state index in [2.05, 4.69) is 84.1 Å². The maximum Gasteiger partial charge on any atom is 0.250 e. The van der Waals surface area contributed by atoms with E-state index in [1.54, 1.807) is 0 Å². The number of hydrogen-bond donors (Lipinski definition) is 1. The molecule has 0 bridgehead atoms. The third-order valence-corrected chi connectivity index (χ3v) is 13.7. The van der Waals surface area contributed by atoms with E-state index < -0.39 is 8.32 Å². The molecule has 0 fully saturated rings. The van der Waals surface area contributed by atoms with E-state index in [0.717, 1.165) is 42.6 Å². The largest absolute Gasteiger partial charge is 0.543 e. The fourth-order valence-corrected chi connectivity index (χ4v) is 7.44. The van der Waals surface area contributed by atoms with Crippen LogP contribution in [0.25, 0.3) is 11.1 Å². The van der Waals surface area contributed by atoms with Gasteiger partial charge in [0.1, 0.15) is 11.5 Å². The average Bonchev–Trinajstić information content (AvgIpc) is 2.86. The summed E-state index contributed by atoms with van der Waals surface area (Å²) in [5.74, 6) is 1.51. The zero-order valence-electron chi connectivity index (χ0n) is 24.7. The maximum absolute atomic E-state index is 12.0. The van der Waals surface area contributed by atoms with Gasteiger partial charge in [-0.1, -0.05) is 62.7 Å². The Hall–Kier alpha value is -2.52. The van der Waals surface area contributed by atoms with Gasteiger partial charge in [-0.25, -0.2) is 0 Å². The second-order valence-electron chi connectivity index (χ2n) is 13.4. The minimum atomic E-state index is -2.02. The van der Waals surface area contributed by atoms with Gasteiger partial charge in [-0.05, 0) is 128 Å². The number of benzene rings is 3. The minimum absolute atomic E-state index is 0.120. The highest BCUT2D eigenvalue weighted by Gasteiger charge is 2.39. The Labute approximate surface area is 231 Å². The third-order valence-electron chi connectivity index (χ3n) is 9.41. The summed E-state index contributed by atoms with van der Waals surface area (Å²) < 4.78 is 6.95. The molecule has 3 aromatic carbocycles. The Morgan fingerprint density at radius 1 is 0.816 bits per heavy atom. The second kappa shape index (κ2) is 10.2. The topological polar surface area (TPSA) is 29.5 Å². The Morgan fingerprint density at radius 2 is 1.47 bits per heavy atom. The van der Waals surface area contributed by atoms with Crippen molar-refractivity contribution in [2.24, 2.45) is 0 Å². The first-order chi connectivity index (χ1) is 18.0. The molecule has 0 aliphatic heterocycles. The summed E-state index contributed by atoms with van der Waals surface area (Å²) in [4.78, 5) is 0. The zero-order chi connectivity index (χ0) is 27.2. The molecule has 3 heteroatoms. The highest BCUT2D eigenvalue weighted by Crippen LogP contribution is 2.46. The van der Waals surface area contributed by atoms with Gasteiger partial charge in [0, 0.05) is 12.0 Å². The quantitative estimate of drug-likeness (QED) is 0.336. The molecule has 2 aliphatic rings. The van der Waals surface area contributed by atoms with Gasteiger partial charge in [-0.3, -0.25) is 0 Å². The summed E-state index contributed by atoms with van der Waals surface area (Å²) in [5, 5.41) is 12.1. The number of aryl methyl sites for hydroxylation is 4. The lowest BCUT2D eigenvalue weighted by Gasteiger charge is -2.37. The molecule has 2 nitrogen and oxygen atoms in total. The molecule has 2 aliphatic carbocycles. The molecule has 0 aromatic heterocycles. The summed E-state index contributed by atoms with van der Waals surface area (Å²) in [6.07, 6.45) is 10.1. The molecule has 0 radical (unpaired) electrons. The number of hydrogen-bond acceptors (Lipinski definition) is 2. The molecular formula is C35H46O2Si. The van der Waals surface area contributed by atoms with Gasteiger partial charge in [-0.15, -0.1) is 0 Å². The molecule has 0 unspecified atom stereocenters. The highest BCUT2D eigenvalue weighted by molar-refractivity contribution is 6.74. The van der Waals surface area contributed by atoms with Crippen LogP contribution < -0.4 is 4.43 Å². The maximum atomic E-state index is 12.0. The number of phenolic OH excluding ortho intramolecular Hbond substituents is 1. The normalized spacial score (nSPS) is 15.7. The molecular weight excluding hydrogens is 480 g/mol. The SMILES string of the molecule is Cc1cc(C)c(O[Si](C)(C)C(C)(C)C)c(Cc2cc3c(c(-c4cccc5c4CCCC5)c2O)CCCC3)c1. The van der Waals surface area contributed by atoms with Gasteiger partial charge in [0.05, 0.1) is 0 Å². The number of rotatable bonds is 5. The standard InChI is InChI=1S/C35H46O2Si/c1-23-19-24(2)34(37-38(6,7)35(3,4)5)28(20-23)22-27-21-26-14-9-11-17-30(26)32(33(27)36)31-18-12-15-25-13-8-10-16-29(25)31/h12,15,18-21,36H,8-11,13-14,16-17,22H2,1-7H3. The fourth-order valence-electron chi connectivity index (χ4n) is 6.33. The lowest BCUT2D eigenvalue weighted by Crippen LogP contribution is -2.44. The van der Waals surface area contributed by atoms with Crippen molar-refractivity contribution >= 4 is 8.32 Å². The van der Waals surface area contributed by atoms with Crippen LogP contribution in [0.1, 0.15) is 91.0 Å². The Morgan fingerprint density at radius 3 is 2.18 bits per heavy atom. The van der Waals surface area contributed by atoms with Crippen LogP contribution in [0.4, 0.5) is 0 Å². The molecule has 0 spiro atoms. The van der Waals surface area contributed by atoms with E-state index in [4.69, 9.17) is 4.43 Å². The minimum Gasteiger partial charge on any atom is -0.543 e. The predicted octanol–water partition coefficient (Wildman–Crippen LogP) is 9.41. The van der Waals surface area contributed by atoms with Gasteiger partial charge in [0.2, 0.25) is 0 Å². The van der Waals surface area contributed by atoms with E-state index in [1.165, 1.54) is 70.2 Å². The van der Waals surface area contributed by atoms with Crippen molar-refractivity contribution in [2.45, 2.75) is 111 Å². The van der Waals surface area contributed by atoms with E-state index in [0.29, 0.717) is 12.2 Å². The zero-order valence-corrected chi connectivity index (χ0v) is 25.7. The van der Waals surface area contributed by atoms with Crippen LogP contribution in [-0.4, -0.2) is 13.4 Å². The third kappa shape index (κ3) is 5.07. The first kappa shape index (κ1) is 27.1. The monoisotopic (exact) mass is 526 g/mol. The first-order valence-electron chi connectivity index (χ1n) is 14.7. The highest BCUT2D eigenvalue weighted by atomic mass is 28.4. The van der Waals surface area contributed by atoms with Crippen LogP contribution in [0.2, 0.25) is 18.1 Å². The lowest BCUT2D eigenvalue weighted by molar-refractivity contribution is 0.467. The number of aromatic hydroxyl groups is 1. The fraction of sp³-hybridized carbons (Fsp3) is 0.486. The van der Waals surface area contributed by atoms with Crippen LogP contribution >= 0.6 is 0 Å². The average molecular weight is 527 g/mol. The lowest BCUT2D eigenvalue weighted by atomic mass is 9.79.